The molecule has 3 aromatic rings. The smallest absolute Gasteiger partial charge is 0.271 e. The fourth-order valence-electron chi connectivity index (χ4n) is 2.95. The summed E-state index contributed by atoms with van der Waals surface area (Å²) in [6, 6.07) is 18.6. The Hall–Kier alpha value is -2.84. The molecule has 3 rings (SSSR count). The summed E-state index contributed by atoms with van der Waals surface area (Å²) in [6.45, 7) is 5.48. The number of benzene rings is 3. The SMILES string of the molecule is CCCOc1ccc(C(=O)N/N=C/c2cc(Br)c(OCc3ccc(Br)cc3)c(OCC)c2)cc1. The summed E-state index contributed by atoms with van der Waals surface area (Å²) in [7, 11) is 0. The lowest BCUT2D eigenvalue weighted by Crippen LogP contribution is -2.17. The maximum atomic E-state index is 12.4. The average Bonchev–Trinajstić information content (AvgIpc) is 2.84. The Morgan fingerprint density at radius 2 is 1.71 bits per heavy atom. The van der Waals surface area contributed by atoms with E-state index in [0.29, 0.717) is 36.9 Å². The van der Waals surface area contributed by atoms with E-state index in [-0.39, 0.29) is 5.91 Å². The molecule has 3 aromatic carbocycles. The molecule has 0 saturated heterocycles. The molecule has 178 valence electrons. The molecular weight excluding hydrogens is 564 g/mol. The Kier molecular flexibility index (Phi) is 9.97. The zero-order chi connectivity index (χ0) is 24.3. The van der Waals surface area contributed by atoms with Gasteiger partial charge >= 0.3 is 0 Å². The number of amides is 1. The van der Waals surface area contributed by atoms with E-state index < -0.39 is 0 Å². The Morgan fingerprint density at radius 3 is 2.38 bits per heavy atom. The Morgan fingerprint density at radius 1 is 0.971 bits per heavy atom. The summed E-state index contributed by atoms with van der Waals surface area (Å²) in [6.07, 6.45) is 2.48. The molecule has 0 saturated carbocycles. The number of carbonyl (C=O) groups excluding carboxylic acids is 1. The quantitative estimate of drug-likeness (QED) is 0.199. The van der Waals surface area contributed by atoms with Crippen LogP contribution in [0.3, 0.4) is 0 Å². The van der Waals surface area contributed by atoms with Crippen LogP contribution in [0, 0.1) is 0 Å². The molecule has 1 N–H and O–H groups in total. The van der Waals surface area contributed by atoms with Gasteiger partial charge in [0.05, 0.1) is 23.9 Å². The van der Waals surface area contributed by atoms with Gasteiger partial charge in [-0.25, -0.2) is 5.43 Å². The summed E-state index contributed by atoms with van der Waals surface area (Å²) >= 11 is 7.00. The van der Waals surface area contributed by atoms with Gasteiger partial charge in [0.2, 0.25) is 0 Å². The zero-order valence-electron chi connectivity index (χ0n) is 19.0. The number of halogens is 2. The van der Waals surface area contributed by atoms with Gasteiger partial charge in [-0.1, -0.05) is 35.0 Å². The molecule has 0 bridgehead atoms. The van der Waals surface area contributed by atoms with Crippen molar-refractivity contribution in [2.45, 2.75) is 26.9 Å². The highest BCUT2D eigenvalue weighted by molar-refractivity contribution is 9.10. The van der Waals surface area contributed by atoms with Crippen molar-refractivity contribution in [1.82, 2.24) is 5.43 Å². The van der Waals surface area contributed by atoms with Crippen molar-refractivity contribution >= 4 is 44.0 Å². The molecule has 0 atom stereocenters. The second-order valence-corrected chi connectivity index (χ2v) is 9.02. The number of hydrogen-bond acceptors (Lipinski definition) is 5. The summed E-state index contributed by atoms with van der Waals surface area (Å²) in [5, 5.41) is 4.09. The Balaban J connectivity index is 1.65. The fourth-order valence-corrected chi connectivity index (χ4v) is 3.79. The van der Waals surface area contributed by atoms with Crippen molar-refractivity contribution in [3.63, 3.8) is 0 Å². The van der Waals surface area contributed by atoms with Crippen LogP contribution in [0.2, 0.25) is 0 Å². The van der Waals surface area contributed by atoms with Crippen LogP contribution in [-0.2, 0) is 6.61 Å². The van der Waals surface area contributed by atoms with Gasteiger partial charge in [0, 0.05) is 10.0 Å². The number of nitrogens with zero attached hydrogens (tertiary/aromatic N) is 1. The third-order valence-corrected chi connectivity index (χ3v) is 5.71. The molecule has 0 radical (unpaired) electrons. The van der Waals surface area contributed by atoms with Crippen molar-refractivity contribution in [1.29, 1.82) is 0 Å². The van der Waals surface area contributed by atoms with E-state index in [9.17, 15) is 4.79 Å². The second-order valence-electron chi connectivity index (χ2n) is 7.25. The van der Waals surface area contributed by atoms with E-state index in [1.165, 1.54) is 0 Å². The molecule has 0 aliphatic carbocycles. The molecule has 0 spiro atoms. The van der Waals surface area contributed by atoms with E-state index in [0.717, 1.165) is 32.2 Å². The maximum Gasteiger partial charge on any atom is 0.271 e. The first-order chi connectivity index (χ1) is 16.5. The standard InChI is InChI=1S/C26H26Br2N2O4/c1-3-13-33-22-11-7-20(8-12-22)26(31)30-29-16-19-14-23(28)25(24(15-19)32-4-2)34-17-18-5-9-21(27)10-6-18/h5-12,14-16H,3-4,13,17H2,1-2H3,(H,30,31)/b29-16+. The van der Waals surface area contributed by atoms with Crippen molar-refractivity contribution in [2.24, 2.45) is 5.10 Å². The summed E-state index contributed by atoms with van der Waals surface area (Å²) in [4.78, 5) is 12.4. The largest absolute Gasteiger partial charge is 0.494 e. The van der Waals surface area contributed by atoms with Crippen LogP contribution < -0.4 is 19.6 Å². The van der Waals surface area contributed by atoms with Crippen molar-refractivity contribution in [3.05, 3.63) is 86.3 Å². The predicted molar refractivity (Wildman–Crippen MR) is 141 cm³/mol. The number of hydrazone groups is 1. The van der Waals surface area contributed by atoms with E-state index >= 15 is 0 Å². The number of ether oxygens (including phenoxy) is 3. The second kappa shape index (κ2) is 13.2. The predicted octanol–water partition coefficient (Wildman–Crippen LogP) is 6.74. The third kappa shape index (κ3) is 7.60. The summed E-state index contributed by atoms with van der Waals surface area (Å²) in [5.41, 5.74) is 4.82. The van der Waals surface area contributed by atoms with Gasteiger partial charge in [0.15, 0.2) is 11.5 Å². The number of rotatable bonds is 11. The summed E-state index contributed by atoms with van der Waals surface area (Å²) in [5.74, 6) is 1.62. The van der Waals surface area contributed by atoms with Crippen LogP contribution in [0.4, 0.5) is 0 Å². The highest BCUT2D eigenvalue weighted by Crippen LogP contribution is 2.37. The minimum absolute atomic E-state index is 0.308. The summed E-state index contributed by atoms with van der Waals surface area (Å²) < 4.78 is 19.1. The topological polar surface area (TPSA) is 69.2 Å². The Bertz CT molecular complexity index is 1120. The molecule has 0 fully saturated rings. The molecular formula is C26H26Br2N2O4. The van der Waals surface area contributed by atoms with Crippen molar-refractivity contribution in [3.8, 4) is 17.2 Å². The van der Waals surface area contributed by atoms with Gasteiger partial charge < -0.3 is 14.2 Å². The number of hydrogen-bond donors (Lipinski definition) is 1. The highest BCUT2D eigenvalue weighted by Gasteiger charge is 2.12. The van der Waals surface area contributed by atoms with E-state index in [2.05, 4.69) is 42.4 Å². The van der Waals surface area contributed by atoms with Crippen LogP contribution in [-0.4, -0.2) is 25.3 Å². The van der Waals surface area contributed by atoms with Crippen LogP contribution in [0.15, 0.2) is 74.7 Å². The van der Waals surface area contributed by atoms with E-state index in [4.69, 9.17) is 14.2 Å². The minimum atomic E-state index is -0.308. The van der Waals surface area contributed by atoms with E-state index in [1.807, 2.05) is 50.2 Å². The van der Waals surface area contributed by atoms with E-state index in [1.54, 1.807) is 30.5 Å². The molecule has 8 heteroatoms. The van der Waals surface area contributed by atoms with Crippen molar-refractivity contribution < 1.29 is 19.0 Å². The fraction of sp³-hybridized carbons (Fsp3) is 0.231. The molecule has 6 nitrogen and oxygen atoms in total. The van der Waals surface area contributed by atoms with Crippen molar-refractivity contribution in [2.75, 3.05) is 13.2 Å². The molecule has 0 aliphatic rings. The van der Waals surface area contributed by atoms with Gasteiger partial charge in [0.1, 0.15) is 12.4 Å². The van der Waals surface area contributed by atoms with Gasteiger partial charge in [-0.2, -0.15) is 5.10 Å². The molecule has 0 aromatic heterocycles. The van der Waals surface area contributed by atoms with Crippen LogP contribution in [0.25, 0.3) is 0 Å². The van der Waals surface area contributed by atoms with Gasteiger partial charge in [-0.15, -0.1) is 0 Å². The first-order valence-corrected chi connectivity index (χ1v) is 12.5. The zero-order valence-corrected chi connectivity index (χ0v) is 22.2. The van der Waals surface area contributed by atoms with Gasteiger partial charge in [-0.3, -0.25) is 4.79 Å². The minimum Gasteiger partial charge on any atom is -0.494 e. The van der Waals surface area contributed by atoms with Crippen LogP contribution in [0.5, 0.6) is 17.2 Å². The maximum absolute atomic E-state index is 12.4. The lowest BCUT2D eigenvalue weighted by Gasteiger charge is -2.14. The average molecular weight is 590 g/mol. The van der Waals surface area contributed by atoms with Gasteiger partial charge in [-0.05, 0) is 88.9 Å². The first-order valence-electron chi connectivity index (χ1n) is 10.9. The van der Waals surface area contributed by atoms with Gasteiger partial charge in [0.25, 0.3) is 5.91 Å². The lowest BCUT2D eigenvalue weighted by molar-refractivity contribution is 0.0955. The third-order valence-electron chi connectivity index (χ3n) is 4.60. The molecule has 0 unspecified atom stereocenters. The first kappa shape index (κ1) is 25.8. The molecule has 1 amide bonds. The monoisotopic (exact) mass is 588 g/mol. The lowest BCUT2D eigenvalue weighted by atomic mass is 10.2. The number of nitrogens with one attached hydrogen (secondary N) is 1. The van der Waals surface area contributed by atoms with Crippen LogP contribution in [0.1, 0.15) is 41.8 Å². The highest BCUT2D eigenvalue weighted by atomic mass is 79.9. The van der Waals surface area contributed by atoms with Crippen LogP contribution >= 0.6 is 31.9 Å². The normalized spacial score (nSPS) is 10.8. The Labute approximate surface area is 216 Å². The molecule has 0 aliphatic heterocycles. The molecule has 34 heavy (non-hydrogen) atoms. The molecule has 0 heterocycles. The number of carbonyl (C=O) groups is 1.